The zero-order valence-corrected chi connectivity index (χ0v) is 15.7. The van der Waals surface area contributed by atoms with Crippen molar-refractivity contribution >= 4 is 21.6 Å². The summed E-state index contributed by atoms with van der Waals surface area (Å²) in [7, 11) is -3.55. The summed E-state index contributed by atoms with van der Waals surface area (Å²) >= 11 is 0. The van der Waals surface area contributed by atoms with Crippen LogP contribution < -0.4 is 10.0 Å². The van der Waals surface area contributed by atoms with Gasteiger partial charge in [0.05, 0.1) is 5.25 Å². The Balaban J connectivity index is 2.05. The average molecular weight is 379 g/mol. The predicted octanol–water partition coefficient (Wildman–Crippen LogP) is 2.85. The Kier molecular flexibility index (Phi) is 6.09. The van der Waals surface area contributed by atoms with Gasteiger partial charge in [-0.15, -0.1) is 0 Å². The SMILES string of the molecule is CC(C)S(=O)(=O)NCC(C)(F)c1ccc(NC(=O)c2ccncc2)cc1. The maximum absolute atomic E-state index is 14.9. The maximum atomic E-state index is 14.9. The molecule has 0 spiro atoms. The predicted molar refractivity (Wildman–Crippen MR) is 99.2 cm³/mol. The highest BCUT2D eigenvalue weighted by Gasteiger charge is 2.29. The molecule has 6 nitrogen and oxygen atoms in total. The number of sulfonamides is 1. The Bertz CT molecular complexity index is 851. The summed E-state index contributed by atoms with van der Waals surface area (Å²) in [5.74, 6) is -0.298. The highest BCUT2D eigenvalue weighted by molar-refractivity contribution is 7.90. The topological polar surface area (TPSA) is 88.2 Å². The molecule has 1 heterocycles. The van der Waals surface area contributed by atoms with Crippen molar-refractivity contribution in [3.8, 4) is 0 Å². The van der Waals surface area contributed by atoms with Crippen LogP contribution in [0.1, 0.15) is 36.7 Å². The quantitative estimate of drug-likeness (QED) is 0.774. The molecule has 0 aliphatic rings. The lowest BCUT2D eigenvalue weighted by Gasteiger charge is -2.22. The summed E-state index contributed by atoms with van der Waals surface area (Å²) in [5.41, 5.74) is -0.599. The number of nitrogens with one attached hydrogen (secondary N) is 2. The zero-order valence-electron chi connectivity index (χ0n) is 14.9. The number of benzene rings is 1. The van der Waals surface area contributed by atoms with Crippen LogP contribution in [0.15, 0.2) is 48.8 Å². The Labute approximate surface area is 152 Å². The third-order valence-electron chi connectivity index (χ3n) is 3.91. The fraction of sp³-hybridized carbons (Fsp3) is 0.333. The lowest BCUT2D eigenvalue weighted by Crippen LogP contribution is -2.39. The summed E-state index contributed by atoms with van der Waals surface area (Å²) in [6.45, 7) is 3.99. The summed E-state index contributed by atoms with van der Waals surface area (Å²) in [6.07, 6.45) is 3.04. The molecule has 1 aromatic carbocycles. The largest absolute Gasteiger partial charge is 0.322 e. The molecule has 1 unspecified atom stereocenters. The first-order valence-corrected chi connectivity index (χ1v) is 9.66. The molecule has 0 bridgehead atoms. The second-order valence-corrected chi connectivity index (χ2v) is 8.70. The highest BCUT2D eigenvalue weighted by Crippen LogP contribution is 2.26. The summed E-state index contributed by atoms with van der Waals surface area (Å²) in [6, 6.07) is 9.36. The van der Waals surface area contributed by atoms with E-state index in [4.69, 9.17) is 0 Å². The second kappa shape index (κ2) is 7.92. The van der Waals surface area contributed by atoms with Crippen LogP contribution in [-0.2, 0) is 15.7 Å². The minimum atomic E-state index is -3.55. The Morgan fingerprint density at radius 2 is 1.73 bits per heavy atom. The van der Waals surface area contributed by atoms with Crippen LogP contribution in [0.25, 0.3) is 0 Å². The number of aromatic nitrogens is 1. The van der Waals surface area contributed by atoms with E-state index in [2.05, 4.69) is 15.0 Å². The second-order valence-electron chi connectivity index (χ2n) is 6.38. The minimum absolute atomic E-state index is 0.298. The van der Waals surface area contributed by atoms with Crippen molar-refractivity contribution in [2.24, 2.45) is 0 Å². The number of nitrogens with zero attached hydrogens (tertiary/aromatic N) is 1. The molecule has 2 N–H and O–H groups in total. The first-order chi connectivity index (χ1) is 12.1. The fourth-order valence-corrected chi connectivity index (χ4v) is 2.92. The van der Waals surface area contributed by atoms with Crippen molar-refractivity contribution in [2.75, 3.05) is 11.9 Å². The van der Waals surface area contributed by atoms with Crippen LogP contribution in [-0.4, -0.2) is 31.1 Å². The summed E-state index contributed by atoms with van der Waals surface area (Å²) in [4.78, 5) is 15.9. The number of hydrogen-bond donors (Lipinski definition) is 2. The number of amides is 1. The van der Waals surface area contributed by atoms with Gasteiger partial charge in [-0.05, 0) is 50.6 Å². The molecule has 2 aromatic rings. The monoisotopic (exact) mass is 379 g/mol. The molecule has 0 fully saturated rings. The van der Waals surface area contributed by atoms with E-state index < -0.39 is 20.9 Å². The van der Waals surface area contributed by atoms with E-state index in [-0.39, 0.29) is 12.5 Å². The molecular weight excluding hydrogens is 357 g/mol. The molecule has 1 aromatic heterocycles. The van der Waals surface area contributed by atoms with Crippen molar-refractivity contribution < 1.29 is 17.6 Å². The third kappa shape index (κ3) is 5.09. The third-order valence-corrected chi connectivity index (χ3v) is 5.70. The lowest BCUT2D eigenvalue weighted by molar-refractivity contribution is 0.102. The maximum Gasteiger partial charge on any atom is 0.255 e. The van der Waals surface area contributed by atoms with Gasteiger partial charge in [0, 0.05) is 30.2 Å². The summed E-state index contributed by atoms with van der Waals surface area (Å²) < 4.78 is 40.7. The Morgan fingerprint density at radius 1 is 1.15 bits per heavy atom. The van der Waals surface area contributed by atoms with Gasteiger partial charge in [0.1, 0.15) is 5.67 Å². The van der Waals surface area contributed by atoms with Crippen LogP contribution >= 0.6 is 0 Å². The van der Waals surface area contributed by atoms with Crippen molar-refractivity contribution in [1.29, 1.82) is 0 Å². The van der Waals surface area contributed by atoms with Gasteiger partial charge >= 0.3 is 0 Å². The van der Waals surface area contributed by atoms with Crippen molar-refractivity contribution in [3.05, 3.63) is 59.9 Å². The van der Waals surface area contributed by atoms with E-state index in [0.29, 0.717) is 16.8 Å². The molecule has 140 valence electrons. The van der Waals surface area contributed by atoms with Crippen molar-refractivity contribution in [2.45, 2.75) is 31.7 Å². The first kappa shape index (κ1) is 20.0. The molecule has 2 rings (SSSR count). The molecule has 0 saturated heterocycles. The zero-order chi connectivity index (χ0) is 19.4. The number of hydrogen-bond acceptors (Lipinski definition) is 4. The van der Waals surface area contributed by atoms with E-state index in [0.717, 1.165) is 0 Å². The van der Waals surface area contributed by atoms with Gasteiger partial charge in [0.15, 0.2) is 0 Å². The standard InChI is InChI=1S/C18H22FN3O3S/c1-13(2)26(24,25)21-12-18(3,19)15-4-6-16(7-5-15)22-17(23)14-8-10-20-11-9-14/h4-11,13,21H,12H2,1-3H3,(H,22,23). The van der Waals surface area contributed by atoms with E-state index in [1.54, 1.807) is 24.3 Å². The van der Waals surface area contributed by atoms with Crippen molar-refractivity contribution in [1.82, 2.24) is 9.71 Å². The van der Waals surface area contributed by atoms with Crippen molar-refractivity contribution in [3.63, 3.8) is 0 Å². The lowest BCUT2D eigenvalue weighted by atomic mass is 9.98. The fourth-order valence-electron chi connectivity index (χ4n) is 2.11. The van der Waals surface area contributed by atoms with E-state index in [1.807, 2.05) is 0 Å². The number of pyridine rings is 1. The van der Waals surface area contributed by atoms with E-state index in [1.165, 1.54) is 45.3 Å². The number of carbonyl (C=O) groups is 1. The van der Waals surface area contributed by atoms with E-state index >= 15 is 0 Å². The van der Waals surface area contributed by atoms with Crippen LogP contribution in [0.2, 0.25) is 0 Å². The molecular formula is C18H22FN3O3S. The number of anilines is 1. The number of halogens is 1. The van der Waals surface area contributed by atoms with Gasteiger partial charge in [0.25, 0.3) is 5.91 Å². The molecule has 0 saturated carbocycles. The Hall–Kier alpha value is -2.32. The molecule has 0 aliphatic heterocycles. The highest BCUT2D eigenvalue weighted by atomic mass is 32.2. The normalized spacial score (nSPS) is 14.0. The molecule has 8 heteroatoms. The molecule has 1 atom stereocenters. The molecule has 26 heavy (non-hydrogen) atoms. The van der Waals surface area contributed by atoms with Crippen LogP contribution in [0.5, 0.6) is 0 Å². The van der Waals surface area contributed by atoms with Gasteiger partial charge in [-0.25, -0.2) is 17.5 Å². The van der Waals surface area contributed by atoms with Crippen LogP contribution in [0.3, 0.4) is 0 Å². The molecule has 1 amide bonds. The van der Waals surface area contributed by atoms with Gasteiger partial charge in [-0.3, -0.25) is 9.78 Å². The first-order valence-electron chi connectivity index (χ1n) is 8.11. The van der Waals surface area contributed by atoms with Crippen LogP contribution in [0, 0.1) is 0 Å². The molecule has 0 aliphatic carbocycles. The smallest absolute Gasteiger partial charge is 0.255 e. The van der Waals surface area contributed by atoms with Gasteiger partial charge in [0.2, 0.25) is 10.0 Å². The number of rotatable bonds is 7. The minimum Gasteiger partial charge on any atom is -0.322 e. The number of carbonyl (C=O) groups excluding carboxylic acids is 1. The summed E-state index contributed by atoms with van der Waals surface area (Å²) in [5, 5.41) is 2.07. The van der Waals surface area contributed by atoms with Gasteiger partial charge < -0.3 is 5.32 Å². The van der Waals surface area contributed by atoms with Gasteiger partial charge in [-0.1, -0.05) is 12.1 Å². The Morgan fingerprint density at radius 3 is 2.27 bits per heavy atom. The number of alkyl halides is 1. The van der Waals surface area contributed by atoms with E-state index in [9.17, 15) is 17.6 Å². The van der Waals surface area contributed by atoms with Gasteiger partial charge in [-0.2, -0.15) is 0 Å². The van der Waals surface area contributed by atoms with Crippen LogP contribution in [0.4, 0.5) is 10.1 Å². The average Bonchev–Trinajstić information content (AvgIpc) is 2.61. The molecule has 0 radical (unpaired) electrons.